The number of carbonyl (C=O) groups excluding carboxylic acids is 1. The summed E-state index contributed by atoms with van der Waals surface area (Å²) in [6, 6.07) is 0. The third kappa shape index (κ3) is 16.3. The first-order chi connectivity index (χ1) is 11.7. The summed E-state index contributed by atoms with van der Waals surface area (Å²) in [6.07, 6.45) is 20.9. The molecule has 0 unspecified atom stereocenters. The molecule has 0 rings (SSSR count). The maximum atomic E-state index is 11.8. The van der Waals surface area contributed by atoms with Crippen LogP contribution in [-0.4, -0.2) is 12.1 Å². The summed E-state index contributed by atoms with van der Waals surface area (Å²) in [5.41, 5.74) is 0. The maximum absolute atomic E-state index is 11.8. The van der Waals surface area contributed by atoms with E-state index in [9.17, 15) is 4.79 Å². The molecule has 0 aromatic rings. The average Bonchev–Trinajstić information content (AvgIpc) is 2.59. The van der Waals surface area contributed by atoms with E-state index in [0.717, 1.165) is 25.7 Å². The van der Waals surface area contributed by atoms with E-state index in [1.807, 2.05) is 0 Å². The topological polar surface area (TPSA) is 26.3 Å². The van der Waals surface area contributed by atoms with E-state index in [2.05, 4.69) is 20.8 Å². The zero-order chi connectivity index (χ0) is 17.9. The second kappa shape index (κ2) is 18.8. The minimum atomic E-state index is 0.0185. The number of unbranched alkanes of at least 4 members (excludes halogenated alkanes) is 12. The molecule has 0 amide bonds. The summed E-state index contributed by atoms with van der Waals surface area (Å²) in [4.78, 5) is 11.8. The Hall–Kier alpha value is -0.530. The summed E-state index contributed by atoms with van der Waals surface area (Å²) in [5, 5.41) is 0. The molecule has 0 heterocycles. The van der Waals surface area contributed by atoms with Crippen molar-refractivity contribution in [3.05, 3.63) is 0 Å². The quantitative estimate of drug-likeness (QED) is 0.190. The van der Waals surface area contributed by atoms with E-state index < -0.39 is 0 Å². The molecule has 0 aliphatic carbocycles. The second-order valence-corrected chi connectivity index (χ2v) is 7.30. The van der Waals surface area contributed by atoms with Gasteiger partial charge in [-0.05, 0) is 25.7 Å². The normalized spacial score (nSPS) is 12.3. The largest absolute Gasteiger partial charge is 0.462 e. The van der Waals surface area contributed by atoms with Crippen molar-refractivity contribution in [2.24, 2.45) is 0 Å². The van der Waals surface area contributed by atoms with Gasteiger partial charge in [0.1, 0.15) is 6.10 Å². The summed E-state index contributed by atoms with van der Waals surface area (Å²) >= 11 is 0. The molecule has 0 N–H and O–H groups in total. The summed E-state index contributed by atoms with van der Waals surface area (Å²) in [5.74, 6) is 0.0185. The standard InChI is InChI=1S/C22H44O2/c1-4-7-9-11-12-13-14-15-16-17-19-21(6-3)24-22(23)20-18-10-8-5-2/h21H,4-20H2,1-3H3/t21-/m0/s1. The number of carbonyl (C=O) groups is 1. The molecule has 0 aromatic carbocycles. The number of rotatable bonds is 18. The number of esters is 1. The molecule has 24 heavy (non-hydrogen) atoms. The lowest BCUT2D eigenvalue weighted by molar-refractivity contribution is -0.149. The van der Waals surface area contributed by atoms with Crippen molar-refractivity contribution in [1.29, 1.82) is 0 Å². The fraction of sp³-hybridized carbons (Fsp3) is 0.955. The SMILES string of the molecule is CCCCCCCCCCCC[C@H](CC)OC(=O)CCCCCC. The lowest BCUT2D eigenvalue weighted by Gasteiger charge is -2.16. The van der Waals surface area contributed by atoms with Gasteiger partial charge in [-0.25, -0.2) is 0 Å². The first-order valence-corrected chi connectivity index (χ1v) is 10.9. The van der Waals surface area contributed by atoms with Gasteiger partial charge in [-0.2, -0.15) is 0 Å². The van der Waals surface area contributed by atoms with Crippen LogP contribution in [0, 0.1) is 0 Å². The fourth-order valence-electron chi connectivity index (χ4n) is 3.15. The number of ether oxygens (including phenoxy) is 1. The van der Waals surface area contributed by atoms with E-state index in [1.54, 1.807) is 0 Å². The van der Waals surface area contributed by atoms with Crippen molar-refractivity contribution < 1.29 is 9.53 Å². The predicted molar refractivity (Wildman–Crippen MR) is 105 cm³/mol. The zero-order valence-electron chi connectivity index (χ0n) is 16.9. The van der Waals surface area contributed by atoms with E-state index in [0.29, 0.717) is 6.42 Å². The zero-order valence-corrected chi connectivity index (χ0v) is 16.9. The van der Waals surface area contributed by atoms with Crippen molar-refractivity contribution in [2.75, 3.05) is 0 Å². The molecule has 0 saturated carbocycles. The Morgan fingerprint density at radius 3 is 1.62 bits per heavy atom. The highest BCUT2D eigenvalue weighted by molar-refractivity contribution is 5.69. The second-order valence-electron chi connectivity index (χ2n) is 7.30. The van der Waals surface area contributed by atoms with Gasteiger partial charge in [0.2, 0.25) is 0 Å². The Morgan fingerprint density at radius 1 is 0.667 bits per heavy atom. The molecular weight excluding hydrogens is 296 g/mol. The number of hydrogen-bond acceptors (Lipinski definition) is 2. The maximum Gasteiger partial charge on any atom is 0.306 e. The minimum absolute atomic E-state index is 0.0185. The molecule has 0 aromatic heterocycles. The van der Waals surface area contributed by atoms with Gasteiger partial charge in [0.15, 0.2) is 0 Å². The molecule has 0 bridgehead atoms. The third-order valence-electron chi connectivity index (χ3n) is 4.87. The van der Waals surface area contributed by atoms with Gasteiger partial charge < -0.3 is 4.74 Å². The first-order valence-electron chi connectivity index (χ1n) is 10.9. The first kappa shape index (κ1) is 23.5. The van der Waals surface area contributed by atoms with Crippen LogP contribution in [0.25, 0.3) is 0 Å². The van der Waals surface area contributed by atoms with Crippen LogP contribution < -0.4 is 0 Å². The van der Waals surface area contributed by atoms with Gasteiger partial charge in [0.05, 0.1) is 0 Å². The lowest BCUT2D eigenvalue weighted by Crippen LogP contribution is -2.17. The van der Waals surface area contributed by atoms with Crippen molar-refractivity contribution in [3.8, 4) is 0 Å². The van der Waals surface area contributed by atoms with E-state index >= 15 is 0 Å². The van der Waals surface area contributed by atoms with Crippen LogP contribution in [0.4, 0.5) is 0 Å². The molecule has 0 fully saturated rings. The van der Waals surface area contributed by atoms with Crippen molar-refractivity contribution in [2.45, 2.75) is 136 Å². The minimum Gasteiger partial charge on any atom is -0.462 e. The van der Waals surface area contributed by atoms with E-state index in [1.165, 1.54) is 77.0 Å². The lowest BCUT2D eigenvalue weighted by atomic mass is 10.0. The third-order valence-corrected chi connectivity index (χ3v) is 4.87. The monoisotopic (exact) mass is 340 g/mol. The van der Waals surface area contributed by atoms with Gasteiger partial charge in [-0.1, -0.05) is 97.8 Å². The Bertz CT molecular complexity index is 263. The molecule has 2 heteroatoms. The highest BCUT2D eigenvalue weighted by Crippen LogP contribution is 2.15. The Kier molecular flexibility index (Phi) is 18.4. The highest BCUT2D eigenvalue weighted by Gasteiger charge is 2.11. The van der Waals surface area contributed by atoms with E-state index in [-0.39, 0.29) is 12.1 Å². The average molecular weight is 341 g/mol. The highest BCUT2D eigenvalue weighted by atomic mass is 16.5. The molecular formula is C22H44O2. The van der Waals surface area contributed by atoms with Crippen molar-refractivity contribution >= 4 is 5.97 Å². The Morgan fingerprint density at radius 2 is 1.12 bits per heavy atom. The molecule has 0 radical (unpaired) electrons. The molecule has 0 aliphatic rings. The van der Waals surface area contributed by atoms with Crippen molar-refractivity contribution in [1.82, 2.24) is 0 Å². The molecule has 0 spiro atoms. The predicted octanol–water partition coefficient (Wildman–Crippen LogP) is 7.59. The van der Waals surface area contributed by atoms with Crippen LogP contribution in [0.15, 0.2) is 0 Å². The van der Waals surface area contributed by atoms with E-state index in [4.69, 9.17) is 4.74 Å². The molecule has 0 saturated heterocycles. The molecule has 2 nitrogen and oxygen atoms in total. The van der Waals surface area contributed by atoms with Gasteiger partial charge in [-0.3, -0.25) is 4.79 Å². The fourth-order valence-corrected chi connectivity index (χ4v) is 3.15. The molecule has 0 aliphatic heterocycles. The van der Waals surface area contributed by atoms with Crippen LogP contribution in [0.1, 0.15) is 130 Å². The van der Waals surface area contributed by atoms with Crippen LogP contribution in [0.2, 0.25) is 0 Å². The Balaban J connectivity index is 3.46. The smallest absolute Gasteiger partial charge is 0.306 e. The van der Waals surface area contributed by atoms with Gasteiger partial charge in [0.25, 0.3) is 0 Å². The van der Waals surface area contributed by atoms with Crippen molar-refractivity contribution in [3.63, 3.8) is 0 Å². The summed E-state index contributed by atoms with van der Waals surface area (Å²) in [6.45, 7) is 6.59. The summed E-state index contributed by atoms with van der Waals surface area (Å²) < 4.78 is 5.62. The number of hydrogen-bond donors (Lipinski definition) is 0. The van der Waals surface area contributed by atoms with Crippen LogP contribution in [-0.2, 0) is 9.53 Å². The molecule has 1 atom stereocenters. The Labute approximate surface area is 152 Å². The van der Waals surface area contributed by atoms with Crippen LogP contribution in [0.5, 0.6) is 0 Å². The van der Waals surface area contributed by atoms with Gasteiger partial charge in [-0.15, -0.1) is 0 Å². The molecule has 144 valence electrons. The van der Waals surface area contributed by atoms with Crippen LogP contribution >= 0.6 is 0 Å². The van der Waals surface area contributed by atoms with Gasteiger partial charge in [0, 0.05) is 6.42 Å². The summed E-state index contributed by atoms with van der Waals surface area (Å²) in [7, 11) is 0. The van der Waals surface area contributed by atoms with Gasteiger partial charge >= 0.3 is 5.97 Å². The van der Waals surface area contributed by atoms with Crippen LogP contribution in [0.3, 0.4) is 0 Å².